The van der Waals surface area contributed by atoms with Crippen LogP contribution in [-0.4, -0.2) is 5.11 Å². The van der Waals surface area contributed by atoms with Crippen molar-refractivity contribution in [2.75, 3.05) is 0 Å². The molecular weight excluding hydrogens is 268 g/mol. The summed E-state index contributed by atoms with van der Waals surface area (Å²) in [7, 11) is 0. The normalized spacial score (nSPS) is 11.4. The topological polar surface area (TPSA) is 20.2 Å². The van der Waals surface area contributed by atoms with E-state index in [-0.39, 0.29) is 0 Å². The van der Waals surface area contributed by atoms with Crippen molar-refractivity contribution in [1.29, 1.82) is 0 Å². The van der Waals surface area contributed by atoms with Gasteiger partial charge in [0.15, 0.2) is 0 Å². The molecule has 0 bridgehead atoms. The SMILES string of the molecule is Cc1cc(CC(C)C)c(-c2ccc(O)cc2)c(CC(C)C)c1. The largest absolute Gasteiger partial charge is 0.508 e. The predicted molar refractivity (Wildman–Crippen MR) is 95.4 cm³/mol. The van der Waals surface area contributed by atoms with Crippen molar-refractivity contribution in [3.05, 3.63) is 53.1 Å². The van der Waals surface area contributed by atoms with Gasteiger partial charge in [0.2, 0.25) is 0 Å². The fourth-order valence-electron chi connectivity index (χ4n) is 3.14. The van der Waals surface area contributed by atoms with Gasteiger partial charge in [-0.1, -0.05) is 57.5 Å². The Morgan fingerprint density at radius 2 is 1.27 bits per heavy atom. The van der Waals surface area contributed by atoms with Crippen molar-refractivity contribution in [1.82, 2.24) is 0 Å². The second kappa shape index (κ2) is 7.00. The number of hydrogen-bond acceptors (Lipinski definition) is 1. The quantitative estimate of drug-likeness (QED) is 0.743. The number of aromatic hydroxyl groups is 1. The van der Waals surface area contributed by atoms with Crippen molar-refractivity contribution in [2.24, 2.45) is 11.8 Å². The fraction of sp³-hybridized carbons (Fsp3) is 0.429. The van der Waals surface area contributed by atoms with Crippen molar-refractivity contribution in [2.45, 2.75) is 47.5 Å². The van der Waals surface area contributed by atoms with Crippen LogP contribution in [0.2, 0.25) is 0 Å². The van der Waals surface area contributed by atoms with Crippen LogP contribution in [0.5, 0.6) is 5.75 Å². The van der Waals surface area contributed by atoms with E-state index in [2.05, 4.69) is 46.8 Å². The third-order valence-electron chi connectivity index (χ3n) is 3.86. The minimum Gasteiger partial charge on any atom is -0.508 e. The van der Waals surface area contributed by atoms with Crippen LogP contribution in [0.1, 0.15) is 44.4 Å². The molecule has 0 atom stereocenters. The van der Waals surface area contributed by atoms with Crippen LogP contribution in [0, 0.1) is 18.8 Å². The summed E-state index contributed by atoms with van der Waals surface area (Å²) in [6.45, 7) is 11.3. The van der Waals surface area contributed by atoms with Crippen LogP contribution >= 0.6 is 0 Å². The Morgan fingerprint density at radius 3 is 1.68 bits per heavy atom. The van der Waals surface area contributed by atoms with Crippen LogP contribution < -0.4 is 0 Å². The summed E-state index contributed by atoms with van der Waals surface area (Å²) in [5.74, 6) is 1.58. The van der Waals surface area contributed by atoms with E-state index in [4.69, 9.17) is 0 Å². The van der Waals surface area contributed by atoms with E-state index in [1.54, 1.807) is 12.1 Å². The molecule has 0 aliphatic carbocycles. The number of phenolic OH excluding ortho intramolecular Hbond substituents is 1. The molecule has 0 aliphatic heterocycles. The summed E-state index contributed by atoms with van der Waals surface area (Å²) < 4.78 is 0. The average Bonchev–Trinajstić information content (AvgIpc) is 2.38. The zero-order valence-corrected chi connectivity index (χ0v) is 14.5. The molecule has 0 aliphatic rings. The van der Waals surface area contributed by atoms with E-state index < -0.39 is 0 Å². The summed E-state index contributed by atoms with van der Waals surface area (Å²) in [5, 5.41) is 9.58. The lowest BCUT2D eigenvalue weighted by Crippen LogP contribution is -2.04. The van der Waals surface area contributed by atoms with Crippen LogP contribution in [0.25, 0.3) is 11.1 Å². The van der Waals surface area contributed by atoms with E-state index in [0.29, 0.717) is 17.6 Å². The minimum absolute atomic E-state index is 0.326. The molecule has 0 unspecified atom stereocenters. The van der Waals surface area contributed by atoms with Gasteiger partial charge in [0.05, 0.1) is 0 Å². The van der Waals surface area contributed by atoms with Gasteiger partial charge in [-0.25, -0.2) is 0 Å². The first-order valence-corrected chi connectivity index (χ1v) is 8.28. The molecule has 0 saturated carbocycles. The summed E-state index contributed by atoms with van der Waals surface area (Å²) in [5.41, 5.74) is 6.78. The molecule has 2 aromatic carbocycles. The predicted octanol–water partition coefficient (Wildman–Crippen LogP) is 5.76. The number of rotatable bonds is 5. The Balaban J connectivity index is 2.61. The van der Waals surface area contributed by atoms with Crippen molar-refractivity contribution >= 4 is 0 Å². The molecule has 0 radical (unpaired) electrons. The van der Waals surface area contributed by atoms with Gasteiger partial charge in [0.25, 0.3) is 0 Å². The van der Waals surface area contributed by atoms with Crippen LogP contribution in [0.4, 0.5) is 0 Å². The zero-order chi connectivity index (χ0) is 16.3. The molecule has 118 valence electrons. The Bertz CT molecular complexity index is 590. The minimum atomic E-state index is 0.326. The highest BCUT2D eigenvalue weighted by molar-refractivity contribution is 5.72. The monoisotopic (exact) mass is 296 g/mol. The molecule has 2 rings (SSSR count). The fourth-order valence-corrected chi connectivity index (χ4v) is 3.14. The Kier molecular flexibility index (Phi) is 5.28. The molecular formula is C21H28O. The highest BCUT2D eigenvalue weighted by Gasteiger charge is 2.14. The Morgan fingerprint density at radius 1 is 0.818 bits per heavy atom. The van der Waals surface area contributed by atoms with E-state index in [0.717, 1.165) is 12.8 Å². The number of hydrogen-bond donors (Lipinski definition) is 1. The molecule has 0 amide bonds. The molecule has 1 nitrogen and oxygen atoms in total. The summed E-state index contributed by atoms with van der Waals surface area (Å²) >= 11 is 0. The lowest BCUT2D eigenvalue weighted by atomic mass is 9.85. The van der Waals surface area contributed by atoms with E-state index >= 15 is 0 Å². The maximum absolute atomic E-state index is 9.58. The molecule has 1 N–H and O–H groups in total. The molecule has 22 heavy (non-hydrogen) atoms. The maximum atomic E-state index is 9.58. The Labute approximate surface area is 135 Å². The second-order valence-electron chi connectivity index (χ2n) is 7.20. The molecule has 1 heteroatoms. The van der Waals surface area contributed by atoms with Gasteiger partial charge in [-0.3, -0.25) is 0 Å². The van der Waals surface area contributed by atoms with E-state index in [1.807, 2.05) is 12.1 Å². The van der Waals surface area contributed by atoms with Gasteiger partial charge in [-0.2, -0.15) is 0 Å². The van der Waals surface area contributed by atoms with Crippen LogP contribution in [0.3, 0.4) is 0 Å². The second-order valence-corrected chi connectivity index (χ2v) is 7.20. The first-order chi connectivity index (χ1) is 10.4. The molecule has 0 aromatic heterocycles. The highest BCUT2D eigenvalue weighted by atomic mass is 16.3. The zero-order valence-electron chi connectivity index (χ0n) is 14.5. The molecule has 0 heterocycles. The van der Waals surface area contributed by atoms with E-state index in [9.17, 15) is 5.11 Å². The highest BCUT2D eigenvalue weighted by Crippen LogP contribution is 2.33. The van der Waals surface area contributed by atoms with Gasteiger partial charge in [-0.15, -0.1) is 0 Å². The smallest absolute Gasteiger partial charge is 0.115 e. The third kappa shape index (κ3) is 4.13. The lowest BCUT2D eigenvalue weighted by molar-refractivity contribution is 0.475. The molecule has 0 spiro atoms. The molecule has 2 aromatic rings. The number of benzene rings is 2. The lowest BCUT2D eigenvalue weighted by Gasteiger charge is -2.19. The molecule has 0 fully saturated rings. The third-order valence-corrected chi connectivity index (χ3v) is 3.86. The van der Waals surface area contributed by atoms with Crippen LogP contribution in [0.15, 0.2) is 36.4 Å². The van der Waals surface area contributed by atoms with Crippen molar-refractivity contribution in [3.8, 4) is 16.9 Å². The standard InChI is InChI=1S/C21H28O/c1-14(2)10-18-12-16(5)13-19(11-15(3)4)21(18)17-6-8-20(22)9-7-17/h6-9,12-15,22H,10-11H2,1-5H3. The van der Waals surface area contributed by atoms with Gasteiger partial charge in [0.1, 0.15) is 5.75 Å². The van der Waals surface area contributed by atoms with Crippen LogP contribution in [-0.2, 0) is 12.8 Å². The first kappa shape index (κ1) is 16.6. The van der Waals surface area contributed by atoms with Gasteiger partial charge in [0, 0.05) is 0 Å². The summed E-state index contributed by atoms with van der Waals surface area (Å²) in [6, 6.07) is 12.3. The molecule has 0 saturated heterocycles. The summed E-state index contributed by atoms with van der Waals surface area (Å²) in [4.78, 5) is 0. The average molecular weight is 296 g/mol. The maximum Gasteiger partial charge on any atom is 0.115 e. The Hall–Kier alpha value is -1.76. The van der Waals surface area contributed by atoms with Gasteiger partial charge >= 0.3 is 0 Å². The number of aryl methyl sites for hydroxylation is 1. The van der Waals surface area contributed by atoms with E-state index in [1.165, 1.54) is 27.8 Å². The van der Waals surface area contributed by atoms with Crippen molar-refractivity contribution in [3.63, 3.8) is 0 Å². The number of phenols is 1. The first-order valence-electron chi connectivity index (χ1n) is 8.28. The van der Waals surface area contributed by atoms with Gasteiger partial charge < -0.3 is 5.11 Å². The summed E-state index contributed by atoms with van der Waals surface area (Å²) in [6.07, 6.45) is 2.17. The van der Waals surface area contributed by atoms with Gasteiger partial charge in [-0.05, 0) is 66.0 Å². The van der Waals surface area contributed by atoms with Crippen molar-refractivity contribution < 1.29 is 5.11 Å².